The molecule has 1 aromatic heterocycles. The normalized spacial score (nSPS) is 24.6. The topological polar surface area (TPSA) is 102 Å². The third-order valence-corrected chi connectivity index (χ3v) is 7.26. The molecule has 3 heterocycles. The highest BCUT2D eigenvalue weighted by molar-refractivity contribution is 6.07. The van der Waals surface area contributed by atoms with Crippen LogP contribution in [-0.4, -0.2) is 41.7 Å². The zero-order valence-corrected chi connectivity index (χ0v) is 20.8. The van der Waals surface area contributed by atoms with Crippen molar-refractivity contribution in [2.45, 2.75) is 83.3 Å². The number of fused-ring (bicyclic) bond motifs is 2. The van der Waals surface area contributed by atoms with Crippen molar-refractivity contribution in [1.29, 1.82) is 0 Å². The lowest BCUT2D eigenvalue weighted by Gasteiger charge is -2.34. The average Bonchev–Trinajstić information content (AvgIpc) is 3.02. The van der Waals surface area contributed by atoms with Crippen molar-refractivity contribution < 1.29 is 19.1 Å². The van der Waals surface area contributed by atoms with Crippen molar-refractivity contribution in [1.82, 2.24) is 10.3 Å². The summed E-state index contributed by atoms with van der Waals surface area (Å²) in [6.45, 7) is 13.2. The van der Waals surface area contributed by atoms with Gasteiger partial charge in [-0.05, 0) is 64.9 Å². The molecule has 1 spiro atoms. The molecular weight excluding hydrogens is 432 g/mol. The number of nitrogens with one attached hydrogen (secondary N) is 3. The summed E-state index contributed by atoms with van der Waals surface area (Å²) in [6.07, 6.45) is 7.12. The summed E-state index contributed by atoms with van der Waals surface area (Å²) in [4.78, 5) is 30.7. The Morgan fingerprint density at radius 2 is 1.94 bits per heavy atom. The maximum atomic E-state index is 13.4. The van der Waals surface area contributed by atoms with E-state index in [0.717, 1.165) is 31.2 Å². The fraction of sp³-hybridized carbons (Fsp3) is 0.654. The van der Waals surface area contributed by atoms with Gasteiger partial charge < -0.3 is 25.4 Å². The van der Waals surface area contributed by atoms with Gasteiger partial charge in [0, 0.05) is 31.0 Å². The van der Waals surface area contributed by atoms with Gasteiger partial charge in [-0.3, -0.25) is 9.59 Å². The third kappa shape index (κ3) is 5.22. The quantitative estimate of drug-likeness (QED) is 0.542. The molecule has 3 N–H and O–H groups in total. The summed E-state index contributed by atoms with van der Waals surface area (Å²) in [5, 5.41) is 9.20. The number of amides is 2. The highest BCUT2D eigenvalue weighted by Crippen LogP contribution is 2.44. The van der Waals surface area contributed by atoms with E-state index in [0.29, 0.717) is 49.4 Å². The molecule has 2 amide bonds. The fourth-order valence-corrected chi connectivity index (χ4v) is 5.38. The van der Waals surface area contributed by atoms with Crippen LogP contribution in [0, 0.1) is 11.8 Å². The molecule has 8 heteroatoms. The van der Waals surface area contributed by atoms with E-state index in [1.165, 1.54) is 0 Å². The van der Waals surface area contributed by atoms with E-state index in [2.05, 4.69) is 34.4 Å². The predicted molar refractivity (Wildman–Crippen MR) is 131 cm³/mol. The van der Waals surface area contributed by atoms with Gasteiger partial charge >= 0.3 is 0 Å². The van der Waals surface area contributed by atoms with Crippen LogP contribution in [0.15, 0.2) is 24.7 Å². The van der Waals surface area contributed by atoms with Crippen LogP contribution in [-0.2, 0) is 24.5 Å². The molecule has 0 unspecified atom stereocenters. The second kappa shape index (κ2) is 9.56. The Bertz CT molecular complexity index is 941. The molecule has 1 aromatic rings. The summed E-state index contributed by atoms with van der Waals surface area (Å²) in [5.41, 5.74) is 0.621. The zero-order chi connectivity index (χ0) is 24.5. The number of anilines is 2. The predicted octanol–water partition coefficient (Wildman–Crippen LogP) is 4.09. The monoisotopic (exact) mass is 470 g/mol. The Morgan fingerprint density at radius 3 is 2.59 bits per heavy atom. The first-order chi connectivity index (χ1) is 16.1. The molecule has 186 valence electrons. The number of nitrogens with zero attached hydrogens (tertiary/aromatic N) is 1. The van der Waals surface area contributed by atoms with Crippen LogP contribution in [0.5, 0.6) is 0 Å². The minimum atomic E-state index is -0.575. The Hall–Kier alpha value is -2.61. The number of ether oxygens (including phenoxy) is 2. The molecule has 2 fully saturated rings. The average molecular weight is 471 g/mol. The van der Waals surface area contributed by atoms with Crippen molar-refractivity contribution in [3.8, 4) is 0 Å². The SMILES string of the molecule is C=C(N[C@H](C(=O)Nc1cc2c(cn1)C1(CCOCC1)C(=O)N2)C1CCC(C)CC1)OC(C)(C)C. The molecule has 1 aliphatic carbocycles. The molecule has 1 saturated heterocycles. The van der Waals surface area contributed by atoms with Crippen LogP contribution in [0.25, 0.3) is 0 Å². The lowest BCUT2D eigenvalue weighted by Crippen LogP contribution is -2.47. The van der Waals surface area contributed by atoms with Gasteiger partial charge in [0.15, 0.2) is 5.88 Å². The standard InChI is InChI=1S/C26H38N4O4/c1-16-6-8-18(9-7-16)22(28-17(2)34-25(3,4)5)23(31)30-21-14-20-19(15-27-21)26(24(32)29-20)10-12-33-13-11-26/h14-16,18,22,28H,2,6-13H2,1,3-5H3,(H,29,32)(H,27,30,31)/t16?,18?,22-/m0/s1. The van der Waals surface area contributed by atoms with Crippen molar-refractivity contribution >= 4 is 23.3 Å². The zero-order valence-electron chi connectivity index (χ0n) is 20.8. The third-order valence-electron chi connectivity index (χ3n) is 7.26. The smallest absolute Gasteiger partial charge is 0.248 e. The number of hydrogen-bond acceptors (Lipinski definition) is 6. The van der Waals surface area contributed by atoms with Gasteiger partial charge in [0.25, 0.3) is 0 Å². The van der Waals surface area contributed by atoms with Crippen LogP contribution in [0.1, 0.15) is 71.8 Å². The molecule has 0 aromatic carbocycles. The minimum Gasteiger partial charge on any atom is -0.474 e. The van der Waals surface area contributed by atoms with Gasteiger partial charge in [0.2, 0.25) is 11.8 Å². The van der Waals surface area contributed by atoms with Crippen molar-refractivity contribution in [3.63, 3.8) is 0 Å². The largest absolute Gasteiger partial charge is 0.474 e. The van der Waals surface area contributed by atoms with Gasteiger partial charge in [-0.25, -0.2) is 4.98 Å². The first-order valence-corrected chi connectivity index (χ1v) is 12.4. The summed E-state index contributed by atoms with van der Waals surface area (Å²) in [5.74, 6) is 1.48. The van der Waals surface area contributed by atoms with E-state index >= 15 is 0 Å². The van der Waals surface area contributed by atoms with Gasteiger partial charge in [-0.2, -0.15) is 0 Å². The summed E-state index contributed by atoms with van der Waals surface area (Å²) in [7, 11) is 0. The highest BCUT2D eigenvalue weighted by atomic mass is 16.5. The van der Waals surface area contributed by atoms with Crippen molar-refractivity contribution in [2.24, 2.45) is 11.8 Å². The lowest BCUT2D eigenvalue weighted by molar-refractivity contribution is -0.124. The highest BCUT2D eigenvalue weighted by Gasteiger charge is 2.48. The first kappa shape index (κ1) is 24.5. The van der Waals surface area contributed by atoms with Gasteiger partial charge in [-0.15, -0.1) is 0 Å². The van der Waals surface area contributed by atoms with Crippen LogP contribution in [0.2, 0.25) is 0 Å². The molecule has 1 atom stereocenters. The summed E-state index contributed by atoms with van der Waals surface area (Å²) >= 11 is 0. The number of hydrogen-bond donors (Lipinski definition) is 3. The molecule has 4 rings (SSSR count). The molecule has 0 radical (unpaired) electrons. The van der Waals surface area contributed by atoms with E-state index < -0.39 is 17.1 Å². The lowest BCUT2D eigenvalue weighted by atomic mass is 9.76. The van der Waals surface area contributed by atoms with Crippen LogP contribution in [0.3, 0.4) is 0 Å². The molecule has 1 saturated carbocycles. The van der Waals surface area contributed by atoms with E-state index in [4.69, 9.17) is 9.47 Å². The van der Waals surface area contributed by atoms with Gasteiger partial charge in [0.05, 0.1) is 11.1 Å². The summed E-state index contributed by atoms with van der Waals surface area (Å²) in [6, 6.07) is 1.28. The van der Waals surface area contributed by atoms with Crippen LogP contribution in [0.4, 0.5) is 11.5 Å². The molecule has 3 aliphatic rings. The Labute approximate surface area is 202 Å². The van der Waals surface area contributed by atoms with E-state index in [-0.39, 0.29) is 17.7 Å². The van der Waals surface area contributed by atoms with Crippen molar-refractivity contribution in [3.05, 3.63) is 30.3 Å². The number of rotatable bonds is 6. The van der Waals surface area contributed by atoms with E-state index in [1.807, 2.05) is 20.8 Å². The maximum absolute atomic E-state index is 13.4. The number of aromatic nitrogens is 1. The molecule has 2 aliphatic heterocycles. The first-order valence-electron chi connectivity index (χ1n) is 12.4. The molecule has 0 bridgehead atoms. The Kier molecular flexibility index (Phi) is 6.90. The van der Waals surface area contributed by atoms with Crippen molar-refractivity contribution in [2.75, 3.05) is 23.8 Å². The van der Waals surface area contributed by atoms with Crippen LogP contribution < -0.4 is 16.0 Å². The number of pyridine rings is 1. The second-order valence-corrected chi connectivity index (χ2v) is 11.0. The van der Waals surface area contributed by atoms with Gasteiger partial charge in [0.1, 0.15) is 17.5 Å². The minimum absolute atomic E-state index is 0.0115. The van der Waals surface area contributed by atoms with E-state index in [9.17, 15) is 9.59 Å². The Balaban J connectivity index is 1.50. The Morgan fingerprint density at radius 1 is 1.26 bits per heavy atom. The number of carbonyl (C=O) groups excluding carboxylic acids is 2. The maximum Gasteiger partial charge on any atom is 0.248 e. The van der Waals surface area contributed by atoms with E-state index in [1.54, 1.807) is 12.3 Å². The molecular formula is C26H38N4O4. The van der Waals surface area contributed by atoms with Crippen LogP contribution >= 0.6 is 0 Å². The molecule has 34 heavy (non-hydrogen) atoms. The fourth-order valence-electron chi connectivity index (χ4n) is 5.38. The summed E-state index contributed by atoms with van der Waals surface area (Å²) < 4.78 is 11.3. The second-order valence-electron chi connectivity index (χ2n) is 11.0. The van der Waals surface area contributed by atoms with Gasteiger partial charge in [-0.1, -0.05) is 19.8 Å². The molecule has 8 nitrogen and oxygen atoms in total. The number of carbonyl (C=O) groups is 2.